The number of anilines is 3. The molecule has 0 unspecified atom stereocenters. The maximum atomic E-state index is 11.0. The highest BCUT2D eigenvalue weighted by Gasteiger charge is 2.20. The predicted octanol–water partition coefficient (Wildman–Crippen LogP) is 3.10. The second-order valence-corrected chi connectivity index (χ2v) is 4.86. The summed E-state index contributed by atoms with van der Waals surface area (Å²) < 4.78 is 5.70. The van der Waals surface area contributed by atoms with Gasteiger partial charge in [-0.15, -0.1) is 0 Å². The van der Waals surface area contributed by atoms with Crippen molar-refractivity contribution >= 4 is 22.7 Å². The summed E-state index contributed by atoms with van der Waals surface area (Å²) >= 11 is 0. The summed E-state index contributed by atoms with van der Waals surface area (Å²) in [5.41, 5.74) is 7.78. The number of hydrogen-bond donors (Lipinski definition) is 1. The first kappa shape index (κ1) is 13.2. The summed E-state index contributed by atoms with van der Waals surface area (Å²) in [5.74, 6) is 0.778. The van der Waals surface area contributed by atoms with Crippen molar-refractivity contribution in [1.29, 1.82) is 0 Å². The van der Waals surface area contributed by atoms with E-state index in [9.17, 15) is 10.1 Å². The Morgan fingerprint density at radius 2 is 2.05 bits per heavy atom. The van der Waals surface area contributed by atoms with E-state index in [0.29, 0.717) is 18.0 Å². The number of hydrogen-bond acceptors (Lipinski definition) is 5. The van der Waals surface area contributed by atoms with E-state index in [-0.39, 0.29) is 5.69 Å². The monoisotopic (exact) mass is 285 g/mol. The second kappa shape index (κ2) is 5.32. The first-order chi connectivity index (χ1) is 10.1. The maximum absolute atomic E-state index is 11.0. The molecule has 0 fully saturated rings. The van der Waals surface area contributed by atoms with Gasteiger partial charge >= 0.3 is 0 Å². The molecule has 0 spiro atoms. The van der Waals surface area contributed by atoms with Crippen LogP contribution in [0.1, 0.15) is 6.42 Å². The number of fused-ring (bicyclic) bond motifs is 1. The lowest BCUT2D eigenvalue weighted by molar-refractivity contribution is -0.384. The Hall–Kier alpha value is -2.76. The summed E-state index contributed by atoms with van der Waals surface area (Å²) in [7, 11) is 0. The second-order valence-electron chi connectivity index (χ2n) is 4.86. The Morgan fingerprint density at radius 1 is 1.24 bits per heavy atom. The standard InChI is InChI=1S/C15H15N3O3/c16-11-8-12(10-13(9-11)18(19)20)17-6-3-7-21-15-5-2-1-4-14(15)17/h1-2,4-5,8-10H,3,6-7,16H2. The number of nitrogens with zero attached hydrogens (tertiary/aromatic N) is 2. The van der Waals surface area contributed by atoms with Gasteiger partial charge in [0.25, 0.3) is 5.69 Å². The average Bonchev–Trinajstić information content (AvgIpc) is 2.69. The highest BCUT2D eigenvalue weighted by atomic mass is 16.6. The third kappa shape index (κ3) is 2.60. The smallest absolute Gasteiger partial charge is 0.273 e. The number of nitro benzene ring substituents is 1. The van der Waals surface area contributed by atoms with Crippen LogP contribution >= 0.6 is 0 Å². The molecule has 0 saturated carbocycles. The minimum absolute atomic E-state index is 0.00681. The molecule has 0 amide bonds. The Bertz CT molecular complexity index is 688. The Balaban J connectivity index is 2.09. The summed E-state index contributed by atoms with van der Waals surface area (Å²) in [6.07, 6.45) is 0.831. The molecule has 2 aromatic carbocycles. The van der Waals surface area contributed by atoms with Gasteiger partial charge in [0.1, 0.15) is 5.75 Å². The van der Waals surface area contributed by atoms with E-state index in [1.54, 1.807) is 12.1 Å². The van der Waals surface area contributed by atoms with Crippen molar-refractivity contribution in [3.63, 3.8) is 0 Å². The number of benzene rings is 2. The van der Waals surface area contributed by atoms with E-state index in [0.717, 1.165) is 24.4 Å². The van der Waals surface area contributed by atoms with Crippen LogP contribution in [-0.2, 0) is 0 Å². The summed E-state index contributed by atoms with van der Waals surface area (Å²) in [6.45, 7) is 1.34. The number of nitro groups is 1. The molecule has 0 atom stereocenters. The van der Waals surface area contributed by atoms with Crippen molar-refractivity contribution < 1.29 is 9.66 Å². The van der Waals surface area contributed by atoms with Gasteiger partial charge in [-0.05, 0) is 24.6 Å². The molecule has 1 aliphatic rings. The number of para-hydroxylation sites is 2. The fourth-order valence-corrected chi connectivity index (χ4v) is 2.47. The van der Waals surface area contributed by atoms with Crippen LogP contribution in [0.15, 0.2) is 42.5 Å². The zero-order valence-corrected chi connectivity index (χ0v) is 11.4. The van der Waals surface area contributed by atoms with Gasteiger partial charge in [0.2, 0.25) is 0 Å². The van der Waals surface area contributed by atoms with E-state index < -0.39 is 4.92 Å². The molecule has 21 heavy (non-hydrogen) atoms. The molecule has 108 valence electrons. The Labute approximate surface area is 121 Å². The summed E-state index contributed by atoms with van der Waals surface area (Å²) in [6, 6.07) is 12.3. The van der Waals surface area contributed by atoms with Crippen LogP contribution in [0.25, 0.3) is 0 Å². The molecular formula is C15H15N3O3. The van der Waals surface area contributed by atoms with Crippen LogP contribution in [0.2, 0.25) is 0 Å². The van der Waals surface area contributed by atoms with E-state index in [2.05, 4.69) is 0 Å². The number of nitrogen functional groups attached to an aromatic ring is 1. The molecule has 1 aliphatic heterocycles. The van der Waals surface area contributed by atoms with Crippen molar-refractivity contribution in [2.24, 2.45) is 0 Å². The van der Waals surface area contributed by atoms with Crippen molar-refractivity contribution in [3.8, 4) is 5.75 Å². The third-order valence-corrected chi connectivity index (χ3v) is 3.39. The first-order valence-corrected chi connectivity index (χ1v) is 6.69. The molecule has 2 N–H and O–H groups in total. The van der Waals surface area contributed by atoms with Crippen LogP contribution < -0.4 is 15.4 Å². The third-order valence-electron chi connectivity index (χ3n) is 3.39. The summed E-state index contributed by atoms with van der Waals surface area (Å²) in [5, 5.41) is 11.0. The molecule has 3 rings (SSSR count). The van der Waals surface area contributed by atoms with Crippen molar-refractivity contribution in [1.82, 2.24) is 0 Å². The SMILES string of the molecule is Nc1cc(N2CCCOc3ccccc32)cc([N+](=O)[O-])c1. The van der Waals surface area contributed by atoms with E-state index in [1.165, 1.54) is 6.07 Å². The van der Waals surface area contributed by atoms with E-state index >= 15 is 0 Å². The zero-order chi connectivity index (χ0) is 14.8. The lowest BCUT2D eigenvalue weighted by atomic mass is 10.2. The lowest BCUT2D eigenvalue weighted by Gasteiger charge is -2.24. The topological polar surface area (TPSA) is 81.6 Å². The van der Waals surface area contributed by atoms with Gasteiger partial charge < -0.3 is 15.4 Å². The van der Waals surface area contributed by atoms with Gasteiger partial charge in [-0.3, -0.25) is 10.1 Å². The van der Waals surface area contributed by atoms with Gasteiger partial charge in [0, 0.05) is 24.4 Å². The maximum Gasteiger partial charge on any atom is 0.273 e. The molecule has 6 heteroatoms. The molecule has 0 aromatic heterocycles. The fraction of sp³-hybridized carbons (Fsp3) is 0.200. The average molecular weight is 285 g/mol. The van der Waals surface area contributed by atoms with Crippen LogP contribution in [0, 0.1) is 10.1 Å². The molecule has 0 saturated heterocycles. The van der Waals surface area contributed by atoms with Crippen LogP contribution in [0.3, 0.4) is 0 Å². The molecule has 2 aromatic rings. The minimum atomic E-state index is -0.430. The van der Waals surface area contributed by atoms with E-state index in [4.69, 9.17) is 10.5 Å². The van der Waals surface area contributed by atoms with Gasteiger partial charge in [0.15, 0.2) is 0 Å². The zero-order valence-electron chi connectivity index (χ0n) is 11.4. The number of nitrogens with two attached hydrogens (primary N) is 1. The largest absolute Gasteiger partial charge is 0.491 e. The van der Waals surface area contributed by atoms with Crippen LogP contribution in [0.4, 0.5) is 22.7 Å². The molecule has 1 heterocycles. The van der Waals surface area contributed by atoms with Gasteiger partial charge in [-0.2, -0.15) is 0 Å². The fourth-order valence-electron chi connectivity index (χ4n) is 2.47. The Morgan fingerprint density at radius 3 is 2.86 bits per heavy atom. The number of rotatable bonds is 2. The number of ether oxygens (including phenoxy) is 1. The quantitative estimate of drug-likeness (QED) is 0.521. The van der Waals surface area contributed by atoms with Crippen molar-refractivity contribution in [3.05, 3.63) is 52.6 Å². The normalized spacial score (nSPS) is 14.0. The van der Waals surface area contributed by atoms with E-state index in [1.807, 2.05) is 29.2 Å². The molecule has 0 radical (unpaired) electrons. The van der Waals surface area contributed by atoms with Crippen molar-refractivity contribution in [2.45, 2.75) is 6.42 Å². The Kier molecular flexibility index (Phi) is 3.35. The molecule has 6 nitrogen and oxygen atoms in total. The highest BCUT2D eigenvalue weighted by molar-refractivity contribution is 5.73. The predicted molar refractivity (Wildman–Crippen MR) is 81.1 cm³/mol. The first-order valence-electron chi connectivity index (χ1n) is 6.69. The summed E-state index contributed by atoms with van der Waals surface area (Å²) in [4.78, 5) is 12.6. The molecular weight excluding hydrogens is 270 g/mol. The lowest BCUT2D eigenvalue weighted by Crippen LogP contribution is -2.18. The molecule has 0 bridgehead atoms. The van der Waals surface area contributed by atoms with Gasteiger partial charge in [-0.25, -0.2) is 0 Å². The molecule has 0 aliphatic carbocycles. The van der Waals surface area contributed by atoms with Gasteiger partial charge in [-0.1, -0.05) is 12.1 Å². The van der Waals surface area contributed by atoms with Gasteiger partial charge in [0.05, 0.1) is 22.9 Å². The van der Waals surface area contributed by atoms with Crippen LogP contribution in [0.5, 0.6) is 5.75 Å². The number of non-ortho nitro benzene ring substituents is 1. The van der Waals surface area contributed by atoms with Crippen LogP contribution in [-0.4, -0.2) is 18.1 Å². The minimum Gasteiger partial charge on any atom is -0.491 e. The highest BCUT2D eigenvalue weighted by Crippen LogP contribution is 2.37. The van der Waals surface area contributed by atoms with Crippen molar-refractivity contribution in [2.75, 3.05) is 23.8 Å².